The van der Waals surface area contributed by atoms with Gasteiger partial charge >= 0.3 is 12.1 Å². The highest BCUT2D eigenvalue weighted by molar-refractivity contribution is 5.94. The molecule has 0 saturated carbocycles. The molecule has 0 heterocycles. The predicted molar refractivity (Wildman–Crippen MR) is 127 cm³/mol. The molecule has 0 spiro atoms. The lowest BCUT2D eigenvalue weighted by Gasteiger charge is -2.17. The Balaban J connectivity index is 1.77. The quantitative estimate of drug-likeness (QED) is 0.149. The molecule has 178 valence electrons. The maximum absolute atomic E-state index is 12.5. The van der Waals surface area contributed by atoms with E-state index in [1.165, 1.54) is 0 Å². The molecular formula is C25H28N4O5. The largest absolute Gasteiger partial charge is 0.481 e. The van der Waals surface area contributed by atoms with Crippen LogP contribution in [0.15, 0.2) is 54.6 Å². The van der Waals surface area contributed by atoms with E-state index in [2.05, 4.69) is 22.5 Å². The Labute approximate surface area is 198 Å². The number of unbranched alkanes of at least 4 members (excludes halogenated alkanes) is 1. The summed E-state index contributed by atoms with van der Waals surface area (Å²) in [5.41, 5.74) is 7.63. The van der Waals surface area contributed by atoms with Crippen molar-refractivity contribution in [2.45, 2.75) is 38.3 Å². The molecule has 1 unspecified atom stereocenters. The molecule has 9 nitrogen and oxygen atoms in total. The van der Waals surface area contributed by atoms with E-state index in [1.807, 2.05) is 18.2 Å². The van der Waals surface area contributed by atoms with Crippen LogP contribution >= 0.6 is 0 Å². The number of amides is 2. The van der Waals surface area contributed by atoms with Gasteiger partial charge in [0.05, 0.1) is 0 Å². The van der Waals surface area contributed by atoms with E-state index in [1.54, 1.807) is 36.4 Å². The van der Waals surface area contributed by atoms with Gasteiger partial charge in [-0.25, -0.2) is 4.79 Å². The molecule has 0 radical (unpaired) electrons. The number of benzene rings is 2. The first-order chi connectivity index (χ1) is 16.3. The van der Waals surface area contributed by atoms with Crippen LogP contribution in [-0.2, 0) is 20.9 Å². The molecule has 2 rings (SSSR count). The van der Waals surface area contributed by atoms with Crippen molar-refractivity contribution in [2.24, 2.45) is 5.73 Å². The lowest BCUT2D eigenvalue weighted by Crippen LogP contribution is -2.47. The van der Waals surface area contributed by atoms with Crippen LogP contribution in [0.1, 0.15) is 42.4 Å². The number of carboxylic acid groups (broad SMARTS) is 1. The third-order valence-corrected chi connectivity index (χ3v) is 4.67. The standard InChI is InChI=1S/C25H28N4O5/c26-23(27)20-12-10-18(11-13-20)7-5-2-6-16-28-24(32)21(14-15-22(30)31)29-25(33)34-17-19-8-3-1-4-9-19/h1,3-4,8-13,21H,2,6,14-17H2,(H3,26,27)(H,28,32)(H,29,33)(H,30,31). The van der Waals surface area contributed by atoms with E-state index in [4.69, 9.17) is 21.0 Å². The highest BCUT2D eigenvalue weighted by Crippen LogP contribution is 2.04. The molecule has 9 heteroatoms. The Morgan fingerprint density at radius 1 is 1.09 bits per heavy atom. The van der Waals surface area contributed by atoms with Crippen molar-refractivity contribution in [1.29, 1.82) is 5.41 Å². The lowest BCUT2D eigenvalue weighted by molar-refractivity contribution is -0.137. The van der Waals surface area contributed by atoms with Crippen molar-refractivity contribution in [1.82, 2.24) is 10.6 Å². The van der Waals surface area contributed by atoms with Gasteiger partial charge in [-0.05, 0) is 30.5 Å². The Morgan fingerprint density at radius 3 is 2.44 bits per heavy atom. The molecular weight excluding hydrogens is 436 g/mol. The average molecular weight is 465 g/mol. The number of nitrogen functional groups attached to an aromatic ring is 1. The smallest absolute Gasteiger partial charge is 0.408 e. The molecule has 0 aliphatic rings. The molecule has 0 saturated heterocycles. The van der Waals surface area contributed by atoms with E-state index in [-0.39, 0.29) is 25.3 Å². The van der Waals surface area contributed by atoms with Gasteiger partial charge in [0, 0.05) is 30.5 Å². The number of alkyl carbamates (subject to hydrolysis) is 1. The number of ether oxygens (including phenoxy) is 1. The van der Waals surface area contributed by atoms with Gasteiger partial charge in [0.1, 0.15) is 18.5 Å². The normalized spacial score (nSPS) is 10.8. The Hall–Kier alpha value is -4.32. The van der Waals surface area contributed by atoms with Crippen LogP contribution in [0.2, 0.25) is 0 Å². The molecule has 0 aliphatic carbocycles. The van der Waals surface area contributed by atoms with Crippen LogP contribution in [0.5, 0.6) is 0 Å². The first-order valence-corrected chi connectivity index (χ1v) is 10.7. The average Bonchev–Trinajstić information content (AvgIpc) is 2.83. The number of nitrogens with two attached hydrogens (primary N) is 1. The highest BCUT2D eigenvalue weighted by Gasteiger charge is 2.22. The van der Waals surface area contributed by atoms with Gasteiger partial charge < -0.3 is 26.2 Å². The van der Waals surface area contributed by atoms with Gasteiger partial charge in [-0.1, -0.05) is 54.3 Å². The summed E-state index contributed by atoms with van der Waals surface area (Å²) in [5.74, 6) is 4.45. The van der Waals surface area contributed by atoms with Gasteiger partial charge in [0.25, 0.3) is 0 Å². The lowest BCUT2D eigenvalue weighted by atomic mass is 10.1. The maximum atomic E-state index is 12.5. The van der Waals surface area contributed by atoms with E-state index < -0.39 is 24.0 Å². The summed E-state index contributed by atoms with van der Waals surface area (Å²) in [5, 5.41) is 21.4. The zero-order chi connectivity index (χ0) is 24.8. The summed E-state index contributed by atoms with van der Waals surface area (Å²) in [6.07, 6.45) is -0.0195. The third kappa shape index (κ3) is 9.87. The van der Waals surface area contributed by atoms with Crippen LogP contribution in [0, 0.1) is 17.3 Å². The van der Waals surface area contributed by atoms with Crippen LogP contribution in [0.4, 0.5) is 4.79 Å². The topological polar surface area (TPSA) is 155 Å². The fourth-order valence-corrected chi connectivity index (χ4v) is 2.85. The van der Waals surface area contributed by atoms with Crippen LogP contribution < -0.4 is 16.4 Å². The van der Waals surface area contributed by atoms with Crippen LogP contribution in [0.3, 0.4) is 0 Å². The molecule has 2 amide bonds. The minimum Gasteiger partial charge on any atom is -0.481 e. The van der Waals surface area contributed by atoms with Gasteiger partial charge in [0.15, 0.2) is 0 Å². The van der Waals surface area contributed by atoms with Gasteiger partial charge in [-0.3, -0.25) is 15.0 Å². The number of aliphatic carboxylic acids is 1. The second kappa shape index (κ2) is 14.0. The molecule has 0 aromatic heterocycles. The van der Waals surface area contributed by atoms with Crippen LogP contribution in [0.25, 0.3) is 0 Å². The summed E-state index contributed by atoms with van der Waals surface area (Å²) in [6.45, 7) is 0.358. The van der Waals surface area contributed by atoms with Crippen LogP contribution in [-0.4, -0.2) is 41.5 Å². The fraction of sp³-hybridized carbons (Fsp3) is 0.280. The van der Waals surface area contributed by atoms with E-state index in [0.717, 1.165) is 11.1 Å². The second-order valence-corrected chi connectivity index (χ2v) is 7.38. The third-order valence-electron chi connectivity index (χ3n) is 4.67. The summed E-state index contributed by atoms with van der Waals surface area (Å²) < 4.78 is 5.12. The van der Waals surface area contributed by atoms with Gasteiger partial charge in [-0.2, -0.15) is 0 Å². The number of hydrogen-bond acceptors (Lipinski definition) is 5. The molecule has 1 atom stereocenters. The minimum atomic E-state index is -1.07. The predicted octanol–water partition coefficient (Wildman–Crippen LogP) is 2.38. The Kier molecular flexibility index (Phi) is 10.6. The molecule has 6 N–H and O–H groups in total. The first kappa shape index (κ1) is 25.9. The molecule has 34 heavy (non-hydrogen) atoms. The first-order valence-electron chi connectivity index (χ1n) is 10.7. The summed E-state index contributed by atoms with van der Waals surface area (Å²) in [7, 11) is 0. The number of nitrogens with one attached hydrogen (secondary N) is 3. The minimum absolute atomic E-state index is 0.00384. The monoisotopic (exact) mass is 464 g/mol. The Bertz CT molecular complexity index is 1040. The van der Waals surface area contributed by atoms with Crippen molar-refractivity contribution in [3.63, 3.8) is 0 Å². The highest BCUT2D eigenvalue weighted by atomic mass is 16.5. The van der Waals surface area contributed by atoms with Crippen molar-refractivity contribution < 1.29 is 24.2 Å². The van der Waals surface area contributed by atoms with E-state index in [0.29, 0.717) is 24.9 Å². The molecule has 2 aromatic carbocycles. The van der Waals surface area contributed by atoms with Crippen molar-refractivity contribution in [3.8, 4) is 11.8 Å². The Morgan fingerprint density at radius 2 is 1.79 bits per heavy atom. The zero-order valence-corrected chi connectivity index (χ0v) is 18.7. The maximum Gasteiger partial charge on any atom is 0.408 e. The number of hydrogen-bond donors (Lipinski definition) is 5. The number of rotatable bonds is 11. The van der Waals surface area contributed by atoms with E-state index in [9.17, 15) is 14.4 Å². The van der Waals surface area contributed by atoms with Crippen molar-refractivity contribution in [2.75, 3.05) is 6.54 Å². The summed E-state index contributed by atoms with van der Waals surface area (Å²) >= 11 is 0. The number of amidine groups is 1. The van der Waals surface area contributed by atoms with Gasteiger partial charge in [0.2, 0.25) is 5.91 Å². The fourth-order valence-electron chi connectivity index (χ4n) is 2.85. The zero-order valence-electron chi connectivity index (χ0n) is 18.7. The molecule has 0 fully saturated rings. The second-order valence-electron chi connectivity index (χ2n) is 7.38. The summed E-state index contributed by atoms with van der Waals surface area (Å²) in [4.78, 5) is 35.5. The van der Waals surface area contributed by atoms with Crippen molar-refractivity contribution in [3.05, 3.63) is 71.3 Å². The molecule has 2 aromatic rings. The van der Waals surface area contributed by atoms with E-state index >= 15 is 0 Å². The number of carbonyl (C=O) groups excluding carboxylic acids is 2. The summed E-state index contributed by atoms with van der Waals surface area (Å²) in [6, 6.07) is 15.0. The van der Waals surface area contributed by atoms with Crippen molar-refractivity contribution >= 4 is 23.8 Å². The number of carbonyl (C=O) groups is 3. The SMILES string of the molecule is N=C(N)c1ccc(C#CCCCNC(=O)C(CCC(=O)O)NC(=O)OCc2ccccc2)cc1. The number of carboxylic acids is 1. The van der Waals surface area contributed by atoms with Gasteiger partial charge in [-0.15, -0.1) is 0 Å². The molecule has 0 aliphatic heterocycles. The molecule has 0 bridgehead atoms.